The molecule has 0 unspecified atom stereocenters. The number of nitrogens with zero attached hydrogens (tertiary/aromatic N) is 2. The molecular formula is C27H24N2O4. The molecule has 0 saturated carbocycles. The Labute approximate surface area is 192 Å². The number of hydrogen-bond acceptors (Lipinski definition) is 6. The van der Waals surface area contributed by atoms with Gasteiger partial charge in [0.25, 0.3) is 0 Å². The molecule has 4 aromatic rings. The van der Waals surface area contributed by atoms with Gasteiger partial charge in [0, 0.05) is 11.6 Å². The minimum atomic E-state index is 0.0242. The molecule has 0 atom stereocenters. The molecule has 0 amide bonds. The van der Waals surface area contributed by atoms with Gasteiger partial charge in [-0.25, -0.2) is 9.97 Å². The van der Waals surface area contributed by atoms with Crippen molar-refractivity contribution in [2.75, 3.05) is 6.61 Å². The van der Waals surface area contributed by atoms with Crippen LogP contribution in [0.3, 0.4) is 0 Å². The Kier molecular flexibility index (Phi) is 6.85. The monoisotopic (exact) mass is 440 g/mol. The van der Waals surface area contributed by atoms with Gasteiger partial charge in [0.15, 0.2) is 17.2 Å². The first-order valence-corrected chi connectivity index (χ1v) is 10.5. The summed E-state index contributed by atoms with van der Waals surface area (Å²) in [5.41, 5.74) is 3.03. The van der Waals surface area contributed by atoms with Gasteiger partial charge in [0.2, 0.25) is 0 Å². The SMILES string of the molecule is C=Cc1ccc(COc2ccc(-c3ncncc3Oc3ccccc3OCC)c(O)c2)cc1. The molecule has 1 heterocycles. The molecule has 0 radical (unpaired) electrons. The van der Waals surface area contributed by atoms with Crippen molar-refractivity contribution in [2.45, 2.75) is 13.5 Å². The molecule has 1 aromatic heterocycles. The summed E-state index contributed by atoms with van der Waals surface area (Å²) >= 11 is 0. The third kappa shape index (κ3) is 5.30. The molecule has 0 aliphatic heterocycles. The van der Waals surface area contributed by atoms with Crippen molar-refractivity contribution in [1.82, 2.24) is 9.97 Å². The molecule has 3 aromatic carbocycles. The predicted octanol–water partition coefficient (Wildman–Crippen LogP) is 6.26. The third-order valence-electron chi connectivity index (χ3n) is 4.89. The lowest BCUT2D eigenvalue weighted by atomic mass is 10.1. The number of hydrogen-bond donors (Lipinski definition) is 1. The summed E-state index contributed by atoms with van der Waals surface area (Å²) < 4.78 is 17.5. The fourth-order valence-corrected chi connectivity index (χ4v) is 3.24. The van der Waals surface area contributed by atoms with E-state index in [4.69, 9.17) is 14.2 Å². The zero-order chi connectivity index (χ0) is 23.0. The van der Waals surface area contributed by atoms with Crippen LogP contribution in [0.1, 0.15) is 18.1 Å². The Bertz CT molecular complexity index is 1240. The lowest BCUT2D eigenvalue weighted by Gasteiger charge is -2.14. The van der Waals surface area contributed by atoms with Crippen LogP contribution in [0.25, 0.3) is 17.3 Å². The van der Waals surface area contributed by atoms with Crippen molar-refractivity contribution in [2.24, 2.45) is 0 Å². The van der Waals surface area contributed by atoms with E-state index >= 15 is 0 Å². The van der Waals surface area contributed by atoms with E-state index in [0.29, 0.717) is 47.5 Å². The number of aromatic nitrogens is 2. The molecule has 0 saturated heterocycles. The van der Waals surface area contributed by atoms with Gasteiger partial charge in [-0.1, -0.05) is 49.1 Å². The van der Waals surface area contributed by atoms with Crippen molar-refractivity contribution < 1.29 is 19.3 Å². The van der Waals surface area contributed by atoms with Crippen LogP contribution in [-0.2, 0) is 6.61 Å². The molecule has 6 nitrogen and oxygen atoms in total. The second-order valence-electron chi connectivity index (χ2n) is 7.13. The highest BCUT2D eigenvalue weighted by molar-refractivity contribution is 5.73. The highest BCUT2D eigenvalue weighted by Gasteiger charge is 2.16. The third-order valence-corrected chi connectivity index (χ3v) is 4.89. The minimum Gasteiger partial charge on any atom is -0.507 e. The molecule has 6 heteroatoms. The van der Waals surface area contributed by atoms with E-state index in [1.807, 2.05) is 49.4 Å². The number of phenols is 1. The molecule has 0 aliphatic rings. The lowest BCUT2D eigenvalue weighted by molar-refractivity contribution is 0.304. The van der Waals surface area contributed by atoms with Crippen LogP contribution >= 0.6 is 0 Å². The van der Waals surface area contributed by atoms with Crippen LogP contribution in [0.15, 0.2) is 85.8 Å². The van der Waals surface area contributed by atoms with E-state index in [0.717, 1.165) is 11.1 Å². The topological polar surface area (TPSA) is 73.7 Å². The van der Waals surface area contributed by atoms with Gasteiger partial charge in [0.1, 0.15) is 30.1 Å². The Morgan fingerprint density at radius 3 is 2.45 bits per heavy atom. The van der Waals surface area contributed by atoms with Crippen LogP contribution in [0, 0.1) is 0 Å². The fourth-order valence-electron chi connectivity index (χ4n) is 3.24. The normalized spacial score (nSPS) is 10.5. The fraction of sp³-hybridized carbons (Fsp3) is 0.111. The van der Waals surface area contributed by atoms with Crippen molar-refractivity contribution in [3.63, 3.8) is 0 Å². The number of rotatable bonds is 9. The van der Waals surface area contributed by atoms with Crippen LogP contribution in [0.4, 0.5) is 0 Å². The standard InChI is InChI=1S/C27H24N2O4/c1-3-19-9-11-20(12-10-19)17-32-21-13-14-22(23(30)15-21)27-26(16-28-18-29-27)33-25-8-6-5-7-24(25)31-4-2/h3,5-16,18,30H,1,4,17H2,2H3. The van der Waals surface area contributed by atoms with Crippen molar-refractivity contribution in [3.8, 4) is 40.0 Å². The van der Waals surface area contributed by atoms with Crippen LogP contribution < -0.4 is 14.2 Å². The Morgan fingerprint density at radius 2 is 1.73 bits per heavy atom. The minimum absolute atomic E-state index is 0.0242. The van der Waals surface area contributed by atoms with Crippen molar-refractivity contribution >= 4 is 6.08 Å². The number of ether oxygens (including phenoxy) is 3. The number of phenolic OH excluding ortho intramolecular Hbond substituents is 1. The first-order valence-electron chi connectivity index (χ1n) is 10.5. The Balaban J connectivity index is 1.54. The largest absolute Gasteiger partial charge is 0.507 e. The summed E-state index contributed by atoms with van der Waals surface area (Å²) in [6.07, 6.45) is 4.76. The molecule has 0 spiro atoms. The molecule has 33 heavy (non-hydrogen) atoms. The first kappa shape index (κ1) is 21.9. The average Bonchev–Trinajstić information content (AvgIpc) is 2.85. The van der Waals surface area contributed by atoms with Gasteiger partial charge >= 0.3 is 0 Å². The van der Waals surface area contributed by atoms with E-state index in [1.165, 1.54) is 6.33 Å². The average molecular weight is 440 g/mol. The van der Waals surface area contributed by atoms with Gasteiger partial charge in [-0.15, -0.1) is 0 Å². The molecule has 1 N–H and O–H groups in total. The summed E-state index contributed by atoms with van der Waals surface area (Å²) in [6, 6.07) is 20.4. The van der Waals surface area contributed by atoms with E-state index in [2.05, 4.69) is 16.5 Å². The van der Waals surface area contributed by atoms with Gasteiger partial charge in [-0.05, 0) is 42.3 Å². The van der Waals surface area contributed by atoms with Gasteiger partial charge in [-0.3, -0.25) is 0 Å². The summed E-state index contributed by atoms with van der Waals surface area (Å²) in [5, 5.41) is 10.7. The Morgan fingerprint density at radius 1 is 0.939 bits per heavy atom. The van der Waals surface area contributed by atoms with E-state index in [9.17, 15) is 5.11 Å². The molecule has 0 fully saturated rings. The lowest BCUT2D eigenvalue weighted by Crippen LogP contribution is -1.98. The highest BCUT2D eigenvalue weighted by atomic mass is 16.5. The second-order valence-corrected chi connectivity index (χ2v) is 7.13. The van der Waals surface area contributed by atoms with Crippen molar-refractivity contribution in [1.29, 1.82) is 0 Å². The maximum absolute atomic E-state index is 10.7. The number of benzene rings is 3. The van der Waals surface area contributed by atoms with Gasteiger partial charge in [0.05, 0.1) is 12.8 Å². The summed E-state index contributed by atoms with van der Waals surface area (Å²) in [5.74, 6) is 2.12. The van der Waals surface area contributed by atoms with Crippen LogP contribution in [-0.4, -0.2) is 21.7 Å². The quantitative estimate of drug-likeness (QED) is 0.331. The summed E-state index contributed by atoms with van der Waals surface area (Å²) in [7, 11) is 0. The second kappa shape index (κ2) is 10.3. The Hall–Kier alpha value is -4.32. The van der Waals surface area contributed by atoms with E-state index < -0.39 is 0 Å². The number of para-hydroxylation sites is 2. The van der Waals surface area contributed by atoms with Crippen LogP contribution in [0.2, 0.25) is 0 Å². The van der Waals surface area contributed by atoms with Gasteiger partial charge in [-0.2, -0.15) is 0 Å². The number of aromatic hydroxyl groups is 1. The maximum Gasteiger partial charge on any atom is 0.172 e. The smallest absolute Gasteiger partial charge is 0.172 e. The highest BCUT2D eigenvalue weighted by Crippen LogP contribution is 2.39. The predicted molar refractivity (Wildman–Crippen MR) is 128 cm³/mol. The maximum atomic E-state index is 10.7. The zero-order valence-electron chi connectivity index (χ0n) is 18.3. The van der Waals surface area contributed by atoms with E-state index in [-0.39, 0.29) is 5.75 Å². The van der Waals surface area contributed by atoms with Crippen LogP contribution in [0.5, 0.6) is 28.7 Å². The zero-order valence-corrected chi connectivity index (χ0v) is 18.3. The summed E-state index contributed by atoms with van der Waals surface area (Å²) in [4.78, 5) is 8.41. The first-order chi connectivity index (χ1) is 16.2. The molecule has 166 valence electrons. The molecular weight excluding hydrogens is 416 g/mol. The molecule has 4 rings (SSSR count). The molecule has 0 bridgehead atoms. The van der Waals surface area contributed by atoms with Crippen molar-refractivity contribution in [3.05, 3.63) is 97.0 Å². The molecule has 0 aliphatic carbocycles. The van der Waals surface area contributed by atoms with E-state index in [1.54, 1.807) is 36.5 Å². The summed E-state index contributed by atoms with van der Waals surface area (Å²) in [6.45, 7) is 6.56. The van der Waals surface area contributed by atoms with Gasteiger partial charge < -0.3 is 19.3 Å².